The fourth-order valence-electron chi connectivity index (χ4n) is 1.49. The third-order valence-electron chi connectivity index (χ3n) is 2.46. The minimum Gasteiger partial charge on any atom is -0.398 e. The molecule has 0 heterocycles. The summed E-state index contributed by atoms with van der Waals surface area (Å²) in [5, 5.41) is -0.0834. The van der Waals surface area contributed by atoms with E-state index in [9.17, 15) is 12.8 Å². The number of anilines is 2. The first-order valence-corrected chi connectivity index (χ1v) is 7.57. The number of nitrogen functional groups attached to an aromatic ring is 1. The normalized spacial score (nSPS) is 11.3. The fraction of sp³-hybridized carbons (Fsp3) is 0. The summed E-state index contributed by atoms with van der Waals surface area (Å²) in [4.78, 5) is -0.544. The van der Waals surface area contributed by atoms with Crippen molar-refractivity contribution in [1.82, 2.24) is 0 Å². The molecule has 0 amide bonds. The van der Waals surface area contributed by atoms with Gasteiger partial charge in [0.05, 0.1) is 21.4 Å². The van der Waals surface area contributed by atoms with Crippen molar-refractivity contribution in [1.29, 1.82) is 0 Å². The standard InChI is InChI=1S/C12H9Cl2FN2O2S/c13-8-2-1-3-11(12(8)15)20(18,19)17-7-4-5-10(16)9(14)6-7/h1-6,17H,16H2. The first-order chi connectivity index (χ1) is 9.31. The average Bonchev–Trinajstić information content (AvgIpc) is 2.36. The van der Waals surface area contributed by atoms with Crippen LogP contribution < -0.4 is 10.5 Å². The van der Waals surface area contributed by atoms with Gasteiger partial charge in [0.15, 0.2) is 5.82 Å². The van der Waals surface area contributed by atoms with Crippen LogP contribution in [0, 0.1) is 5.82 Å². The molecule has 0 aliphatic heterocycles. The molecule has 0 aromatic heterocycles. The number of halogens is 3. The number of nitrogens with one attached hydrogen (secondary N) is 1. The molecule has 4 nitrogen and oxygen atoms in total. The van der Waals surface area contributed by atoms with Crippen molar-refractivity contribution in [2.45, 2.75) is 4.90 Å². The van der Waals surface area contributed by atoms with Gasteiger partial charge in [-0.1, -0.05) is 29.3 Å². The highest BCUT2D eigenvalue weighted by atomic mass is 35.5. The lowest BCUT2D eigenvalue weighted by molar-refractivity contribution is 0.570. The molecule has 0 atom stereocenters. The molecular weight excluding hydrogens is 326 g/mol. The van der Waals surface area contributed by atoms with Crippen LogP contribution in [0.3, 0.4) is 0 Å². The van der Waals surface area contributed by atoms with Crippen LogP contribution in [0.4, 0.5) is 15.8 Å². The highest BCUT2D eigenvalue weighted by molar-refractivity contribution is 7.92. The Morgan fingerprint density at radius 1 is 1.10 bits per heavy atom. The highest BCUT2D eigenvalue weighted by Crippen LogP contribution is 2.27. The van der Waals surface area contributed by atoms with Gasteiger partial charge in [-0.25, -0.2) is 12.8 Å². The van der Waals surface area contributed by atoms with Gasteiger partial charge >= 0.3 is 0 Å². The summed E-state index contributed by atoms with van der Waals surface area (Å²) >= 11 is 11.4. The van der Waals surface area contributed by atoms with Crippen molar-refractivity contribution in [3.8, 4) is 0 Å². The third kappa shape index (κ3) is 2.98. The molecule has 2 aromatic carbocycles. The number of hydrogen-bond donors (Lipinski definition) is 2. The zero-order valence-corrected chi connectivity index (χ0v) is 12.2. The second-order valence-electron chi connectivity index (χ2n) is 3.89. The predicted molar refractivity (Wildman–Crippen MR) is 78.1 cm³/mol. The second kappa shape index (κ2) is 5.47. The van der Waals surface area contributed by atoms with Crippen LogP contribution in [0.5, 0.6) is 0 Å². The summed E-state index contributed by atoms with van der Waals surface area (Å²) in [6.45, 7) is 0. The Labute approximate surface area is 125 Å². The van der Waals surface area contributed by atoms with Crippen LogP contribution in [0.2, 0.25) is 10.0 Å². The average molecular weight is 335 g/mol. The number of sulfonamides is 1. The molecule has 8 heteroatoms. The molecule has 106 valence electrons. The number of hydrogen-bond acceptors (Lipinski definition) is 3. The molecule has 20 heavy (non-hydrogen) atoms. The van der Waals surface area contributed by atoms with Crippen molar-refractivity contribution in [3.05, 3.63) is 52.3 Å². The van der Waals surface area contributed by atoms with Crippen molar-refractivity contribution in [2.75, 3.05) is 10.5 Å². The molecule has 0 unspecified atom stereocenters. The topological polar surface area (TPSA) is 72.2 Å². The number of rotatable bonds is 3. The van der Waals surface area contributed by atoms with E-state index in [-0.39, 0.29) is 15.7 Å². The molecule has 0 aliphatic rings. The molecule has 0 bridgehead atoms. The van der Waals surface area contributed by atoms with E-state index >= 15 is 0 Å². The van der Waals surface area contributed by atoms with Crippen LogP contribution in [-0.2, 0) is 10.0 Å². The van der Waals surface area contributed by atoms with Gasteiger partial charge in [-0.05, 0) is 30.3 Å². The van der Waals surface area contributed by atoms with Crippen LogP contribution >= 0.6 is 23.2 Å². The molecule has 0 saturated carbocycles. The van der Waals surface area contributed by atoms with Gasteiger partial charge in [0.25, 0.3) is 10.0 Å². The molecule has 0 saturated heterocycles. The van der Waals surface area contributed by atoms with E-state index < -0.39 is 20.7 Å². The minimum absolute atomic E-state index is 0.170. The van der Waals surface area contributed by atoms with E-state index in [1.165, 1.54) is 30.3 Å². The minimum atomic E-state index is -4.11. The Morgan fingerprint density at radius 2 is 1.80 bits per heavy atom. The maximum atomic E-state index is 13.7. The number of benzene rings is 2. The summed E-state index contributed by atoms with van der Waals surface area (Å²) in [5.74, 6) is -1.01. The Bertz CT molecular complexity index is 766. The Kier molecular flexibility index (Phi) is 4.08. The van der Waals surface area contributed by atoms with E-state index in [0.717, 1.165) is 6.07 Å². The van der Waals surface area contributed by atoms with Gasteiger partial charge in [0, 0.05) is 0 Å². The molecule has 3 N–H and O–H groups in total. The van der Waals surface area contributed by atoms with Gasteiger partial charge in [-0.15, -0.1) is 0 Å². The monoisotopic (exact) mass is 334 g/mol. The van der Waals surface area contributed by atoms with Gasteiger partial charge in [-0.2, -0.15) is 0 Å². The second-order valence-corrected chi connectivity index (χ2v) is 6.36. The molecule has 0 fully saturated rings. The summed E-state index contributed by atoms with van der Waals surface area (Å²) in [6.07, 6.45) is 0. The molecule has 2 rings (SSSR count). The van der Waals surface area contributed by atoms with Crippen LogP contribution in [0.15, 0.2) is 41.3 Å². The quantitative estimate of drug-likeness (QED) is 0.843. The molecule has 0 aliphatic carbocycles. The predicted octanol–water partition coefficient (Wildman–Crippen LogP) is 3.52. The Balaban J connectivity index is 2.41. The van der Waals surface area contributed by atoms with E-state index in [4.69, 9.17) is 28.9 Å². The highest BCUT2D eigenvalue weighted by Gasteiger charge is 2.21. The summed E-state index contributed by atoms with van der Waals surface area (Å²) in [6, 6.07) is 7.90. The SMILES string of the molecule is Nc1ccc(NS(=O)(=O)c2cccc(Cl)c2F)cc1Cl. The Hall–Kier alpha value is -1.50. The maximum absolute atomic E-state index is 13.7. The van der Waals surface area contributed by atoms with E-state index in [2.05, 4.69) is 4.72 Å². The molecule has 2 aromatic rings. The lowest BCUT2D eigenvalue weighted by Crippen LogP contribution is -2.14. The summed E-state index contributed by atoms with van der Waals surface area (Å²) in [5.41, 5.74) is 6.00. The van der Waals surface area contributed by atoms with Gasteiger partial charge in [0.2, 0.25) is 0 Å². The van der Waals surface area contributed by atoms with Gasteiger partial charge in [0.1, 0.15) is 4.90 Å². The lowest BCUT2D eigenvalue weighted by atomic mass is 10.3. The van der Waals surface area contributed by atoms with E-state index in [1.54, 1.807) is 0 Å². The van der Waals surface area contributed by atoms with Crippen molar-refractivity contribution < 1.29 is 12.8 Å². The van der Waals surface area contributed by atoms with Crippen molar-refractivity contribution >= 4 is 44.6 Å². The van der Waals surface area contributed by atoms with Crippen molar-refractivity contribution in [3.63, 3.8) is 0 Å². The largest absolute Gasteiger partial charge is 0.398 e. The van der Waals surface area contributed by atoms with Crippen molar-refractivity contribution in [2.24, 2.45) is 0 Å². The summed E-state index contributed by atoms with van der Waals surface area (Å²) in [7, 11) is -4.11. The zero-order valence-electron chi connectivity index (χ0n) is 9.90. The van der Waals surface area contributed by atoms with Gasteiger partial charge in [-0.3, -0.25) is 4.72 Å². The zero-order chi connectivity index (χ0) is 14.9. The number of nitrogens with two attached hydrogens (primary N) is 1. The van der Waals surface area contributed by atoms with E-state index in [0.29, 0.717) is 5.69 Å². The molecule has 0 radical (unpaired) electrons. The van der Waals surface area contributed by atoms with Gasteiger partial charge < -0.3 is 5.73 Å². The fourth-order valence-corrected chi connectivity index (χ4v) is 3.05. The first kappa shape index (κ1) is 14.9. The Morgan fingerprint density at radius 3 is 2.45 bits per heavy atom. The van der Waals surface area contributed by atoms with Crippen LogP contribution in [0.25, 0.3) is 0 Å². The van der Waals surface area contributed by atoms with Crippen LogP contribution in [-0.4, -0.2) is 8.42 Å². The molecule has 0 spiro atoms. The summed E-state index contributed by atoms with van der Waals surface area (Å²) < 4.78 is 40.1. The smallest absolute Gasteiger partial charge is 0.264 e. The first-order valence-electron chi connectivity index (χ1n) is 5.33. The van der Waals surface area contributed by atoms with Crippen LogP contribution in [0.1, 0.15) is 0 Å². The molecular formula is C12H9Cl2FN2O2S. The van der Waals surface area contributed by atoms with E-state index in [1.807, 2.05) is 0 Å². The maximum Gasteiger partial charge on any atom is 0.264 e. The lowest BCUT2D eigenvalue weighted by Gasteiger charge is -2.10. The third-order valence-corrected chi connectivity index (χ3v) is 4.48.